The van der Waals surface area contributed by atoms with Crippen LogP contribution in [0.2, 0.25) is 0 Å². The molecular weight excluding hydrogens is 266 g/mol. The zero-order chi connectivity index (χ0) is 14.2. The normalized spacial score (nSPS) is 14.1. The van der Waals surface area contributed by atoms with Gasteiger partial charge in [-0.25, -0.2) is 4.98 Å². The van der Waals surface area contributed by atoms with E-state index in [1.54, 1.807) is 12.4 Å². The number of aromatic nitrogens is 4. The second-order valence-electron chi connectivity index (χ2n) is 5.03. The van der Waals surface area contributed by atoms with Crippen LogP contribution in [0, 0.1) is 0 Å². The Kier molecular flexibility index (Phi) is 2.75. The van der Waals surface area contributed by atoms with E-state index in [9.17, 15) is 4.79 Å². The lowest BCUT2D eigenvalue weighted by atomic mass is 10.1. The average Bonchev–Trinajstić information content (AvgIpc) is 2.54. The van der Waals surface area contributed by atoms with Crippen molar-refractivity contribution >= 4 is 11.0 Å². The second-order valence-corrected chi connectivity index (χ2v) is 5.03. The van der Waals surface area contributed by atoms with Gasteiger partial charge in [0.25, 0.3) is 5.56 Å². The van der Waals surface area contributed by atoms with Gasteiger partial charge in [-0.3, -0.25) is 14.8 Å². The van der Waals surface area contributed by atoms with E-state index in [2.05, 4.69) is 25.3 Å². The summed E-state index contributed by atoms with van der Waals surface area (Å²) in [5.74, 6) is 0.579. The Balaban J connectivity index is 1.88. The molecule has 6 heteroatoms. The molecule has 3 aromatic rings. The number of H-pyrrole nitrogens is 1. The first-order valence-electron chi connectivity index (χ1n) is 6.85. The molecule has 2 N–H and O–H groups in total. The fourth-order valence-corrected chi connectivity index (χ4v) is 2.62. The molecule has 0 bridgehead atoms. The van der Waals surface area contributed by atoms with Gasteiger partial charge in [0.15, 0.2) is 0 Å². The van der Waals surface area contributed by atoms with Crippen molar-refractivity contribution in [1.29, 1.82) is 0 Å². The number of rotatable bonds is 1. The number of nitrogens with one attached hydrogen (secondary N) is 2. The summed E-state index contributed by atoms with van der Waals surface area (Å²) < 4.78 is 0. The highest BCUT2D eigenvalue weighted by molar-refractivity contribution is 5.79. The van der Waals surface area contributed by atoms with Crippen molar-refractivity contribution in [3.8, 4) is 11.4 Å². The van der Waals surface area contributed by atoms with Gasteiger partial charge in [0, 0.05) is 30.1 Å². The van der Waals surface area contributed by atoms with Gasteiger partial charge in [-0.1, -0.05) is 0 Å². The minimum Gasteiger partial charge on any atom is -0.311 e. The summed E-state index contributed by atoms with van der Waals surface area (Å²) in [6, 6.07) is 5.68. The summed E-state index contributed by atoms with van der Waals surface area (Å²) in [7, 11) is 0. The highest BCUT2D eigenvalue weighted by Gasteiger charge is 2.15. The predicted octanol–water partition coefficient (Wildman–Crippen LogP) is 1.03. The van der Waals surface area contributed by atoms with Crippen LogP contribution in [0.1, 0.15) is 11.3 Å². The molecule has 4 rings (SSSR count). The first-order chi connectivity index (χ1) is 10.3. The van der Waals surface area contributed by atoms with E-state index in [-0.39, 0.29) is 5.56 Å². The second kappa shape index (κ2) is 4.75. The molecule has 0 fully saturated rings. The van der Waals surface area contributed by atoms with Crippen LogP contribution in [0.4, 0.5) is 0 Å². The Morgan fingerprint density at radius 1 is 1.10 bits per heavy atom. The van der Waals surface area contributed by atoms with Crippen molar-refractivity contribution in [3.63, 3.8) is 0 Å². The van der Waals surface area contributed by atoms with E-state index in [4.69, 9.17) is 0 Å². The molecule has 0 radical (unpaired) electrons. The fourth-order valence-electron chi connectivity index (χ4n) is 2.62. The van der Waals surface area contributed by atoms with Gasteiger partial charge >= 0.3 is 0 Å². The molecule has 0 saturated heterocycles. The molecule has 3 heterocycles. The molecular formula is C15H13N5O. The number of aromatic amines is 1. The van der Waals surface area contributed by atoms with Crippen molar-refractivity contribution in [2.45, 2.75) is 13.0 Å². The predicted molar refractivity (Wildman–Crippen MR) is 78.8 cm³/mol. The summed E-state index contributed by atoms with van der Waals surface area (Å²) in [4.78, 5) is 28.2. The van der Waals surface area contributed by atoms with Crippen LogP contribution in [0.25, 0.3) is 22.4 Å². The van der Waals surface area contributed by atoms with E-state index < -0.39 is 0 Å². The third-order valence-electron chi connectivity index (χ3n) is 3.69. The Labute approximate surface area is 120 Å². The first kappa shape index (κ1) is 12.2. The van der Waals surface area contributed by atoms with Gasteiger partial charge in [-0.05, 0) is 31.2 Å². The molecule has 1 aliphatic heterocycles. The van der Waals surface area contributed by atoms with Gasteiger partial charge in [0.1, 0.15) is 5.82 Å². The number of fused-ring (bicyclic) bond motifs is 2. The summed E-state index contributed by atoms with van der Waals surface area (Å²) in [5, 5.41) is 3.24. The standard InChI is InChI=1S/C15H13N5O/c21-15-10-3-4-16-8-13(10)19-14(20-15)9-1-2-11-12(7-9)18-6-5-17-11/h1-2,5-7,16H,3-4,8H2,(H,19,20,21). The average molecular weight is 279 g/mol. The first-order valence-corrected chi connectivity index (χ1v) is 6.85. The Morgan fingerprint density at radius 2 is 1.95 bits per heavy atom. The Bertz CT molecular complexity index is 887. The van der Waals surface area contributed by atoms with Gasteiger partial charge in [0.05, 0.1) is 16.7 Å². The summed E-state index contributed by atoms with van der Waals surface area (Å²) in [6.07, 6.45) is 4.03. The van der Waals surface area contributed by atoms with Gasteiger partial charge in [-0.2, -0.15) is 0 Å². The van der Waals surface area contributed by atoms with Gasteiger partial charge < -0.3 is 10.3 Å². The number of benzene rings is 1. The fraction of sp³-hybridized carbons (Fsp3) is 0.200. The van der Waals surface area contributed by atoms with Gasteiger partial charge in [0.2, 0.25) is 0 Å². The highest BCUT2D eigenvalue weighted by Crippen LogP contribution is 2.19. The maximum absolute atomic E-state index is 12.2. The van der Waals surface area contributed by atoms with E-state index in [1.165, 1.54) is 0 Å². The lowest BCUT2D eigenvalue weighted by Gasteiger charge is -2.15. The van der Waals surface area contributed by atoms with Crippen LogP contribution < -0.4 is 10.9 Å². The van der Waals surface area contributed by atoms with Crippen molar-refractivity contribution in [3.05, 3.63) is 52.2 Å². The monoisotopic (exact) mass is 279 g/mol. The van der Waals surface area contributed by atoms with E-state index in [0.717, 1.165) is 40.8 Å². The SMILES string of the molecule is O=c1[nH]c(-c2ccc3nccnc3c2)nc2c1CCNC2. The van der Waals surface area contributed by atoms with E-state index in [1.807, 2.05) is 18.2 Å². The maximum atomic E-state index is 12.2. The molecule has 0 saturated carbocycles. The number of hydrogen-bond donors (Lipinski definition) is 2. The highest BCUT2D eigenvalue weighted by atomic mass is 16.1. The van der Waals surface area contributed by atoms with Crippen LogP contribution in [-0.4, -0.2) is 26.5 Å². The van der Waals surface area contributed by atoms with Crippen molar-refractivity contribution < 1.29 is 0 Å². The largest absolute Gasteiger partial charge is 0.311 e. The van der Waals surface area contributed by atoms with E-state index in [0.29, 0.717) is 12.4 Å². The van der Waals surface area contributed by atoms with Crippen LogP contribution >= 0.6 is 0 Å². The molecule has 2 aromatic heterocycles. The zero-order valence-electron chi connectivity index (χ0n) is 11.3. The zero-order valence-corrected chi connectivity index (χ0v) is 11.3. The smallest absolute Gasteiger partial charge is 0.254 e. The summed E-state index contributed by atoms with van der Waals surface area (Å²) in [5.41, 5.74) is 4.03. The Morgan fingerprint density at radius 3 is 2.86 bits per heavy atom. The molecule has 0 aliphatic carbocycles. The third kappa shape index (κ3) is 2.09. The van der Waals surface area contributed by atoms with Crippen molar-refractivity contribution in [2.75, 3.05) is 6.54 Å². The summed E-state index contributed by atoms with van der Waals surface area (Å²) >= 11 is 0. The lowest BCUT2D eigenvalue weighted by molar-refractivity contribution is 0.619. The summed E-state index contributed by atoms with van der Waals surface area (Å²) in [6.45, 7) is 1.46. The molecule has 1 aliphatic rings. The van der Waals surface area contributed by atoms with Crippen molar-refractivity contribution in [1.82, 2.24) is 25.3 Å². The van der Waals surface area contributed by atoms with Gasteiger partial charge in [-0.15, -0.1) is 0 Å². The molecule has 0 amide bonds. The number of hydrogen-bond acceptors (Lipinski definition) is 5. The van der Waals surface area contributed by atoms with Crippen LogP contribution in [0.3, 0.4) is 0 Å². The minimum atomic E-state index is -0.0456. The number of nitrogens with zero attached hydrogens (tertiary/aromatic N) is 3. The molecule has 6 nitrogen and oxygen atoms in total. The quantitative estimate of drug-likeness (QED) is 0.695. The van der Waals surface area contributed by atoms with Crippen LogP contribution in [-0.2, 0) is 13.0 Å². The van der Waals surface area contributed by atoms with Crippen LogP contribution in [0.5, 0.6) is 0 Å². The molecule has 104 valence electrons. The molecule has 21 heavy (non-hydrogen) atoms. The van der Waals surface area contributed by atoms with Crippen molar-refractivity contribution in [2.24, 2.45) is 0 Å². The maximum Gasteiger partial charge on any atom is 0.254 e. The molecule has 1 aromatic carbocycles. The van der Waals surface area contributed by atoms with Crippen LogP contribution in [0.15, 0.2) is 35.4 Å². The minimum absolute atomic E-state index is 0.0456. The molecule has 0 spiro atoms. The third-order valence-corrected chi connectivity index (χ3v) is 3.69. The molecule has 0 atom stereocenters. The topological polar surface area (TPSA) is 83.6 Å². The van der Waals surface area contributed by atoms with E-state index >= 15 is 0 Å². The lowest BCUT2D eigenvalue weighted by Crippen LogP contribution is -2.31. The Hall–Kier alpha value is -2.60. The molecule has 0 unspecified atom stereocenters.